The van der Waals surface area contributed by atoms with E-state index in [9.17, 15) is 0 Å². The zero-order valence-corrected chi connectivity index (χ0v) is 77.4. The molecule has 4 heterocycles. The third kappa shape index (κ3) is 16.5. The van der Waals surface area contributed by atoms with E-state index in [1.54, 1.807) is 0 Å². The molecule has 0 saturated heterocycles. The average Bonchev–Trinajstić information content (AvgIpc) is 1.67. The largest absolute Gasteiger partial charge is 0.456 e. The first-order chi connectivity index (χ1) is 56.2. The van der Waals surface area contributed by atoms with E-state index in [1.807, 2.05) is 59.1 Å². The van der Waals surface area contributed by atoms with Crippen molar-refractivity contribution >= 4 is 188 Å². The Morgan fingerprint density at radius 2 is 0.672 bits per heavy atom. The normalized spacial score (nSPS) is 15.0. The van der Waals surface area contributed by atoms with Gasteiger partial charge in [0.15, 0.2) is 0 Å². The van der Waals surface area contributed by atoms with Gasteiger partial charge in [-0.05, 0) is 259 Å². The Kier molecular flexibility index (Phi) is 21.7. The summed E-state index contributed by atoms with van der Waals surface area (Å²) in [5.74, 6) is 0. The number of fused-ring (bicyclic) bond motifs is 10. The van der Waals surface area contributed by atoms with E-state index in [4.69, 9.17) is 32.0 Å². The van der Waals surface area contributed by atoms with Crippen molar-refractivity contribution in [2.24, 2.45) is 0 Å². The number of para-hydroxylation sites is 2. The summed E-state index contributed by atoms with van der Waals surface area (Å²) in [6.07, 6.45) is 4.80. The molecule has 16 aromatic rings. The molecule has 11 heteroatoms. The molecule has 0 unspecified atom stereocenters. The summed E-state index contributed by atoms with van der Waals surface area (Å²) < 4.78 is 16.2. The molecule has 0 atom stereocenters. The summed E-state index contributed by atoms with van der Waals surface area (Å²) >= 11 is 21.0. The SMILES string of the molecule is CC(C)(C)c1ccc(N(c2ccc(C(C)(C)C)cc2)c2cc(Cl)cc(Br)c2)cc1.CC(C)(C)c1ccc(N(c2ccc(C(C)(C)C)cc2)c2cc(Cl)cc(N(c3csc4cc5c(cc34)C(C)(C)CCC5(C)C)c3cccc4oc5ccccc5c34)c2)cc1.CC1(C)CCC(C)(C)c2cc3c(Nc4cccc5oc6ccccc6c45)csc3cc21. The number of anilines is 11. The van der Waals surface area contributed by atoms with Gasteiger partial charge < -0.3 is 28.9 Å². The predicted octanol–water partition coefficient (Wildman–Crippen LogP) is 35.4. The summed E-state index contributed by atoms with van der Waals surface area (Å²) in [6.45, 7) is 46.2. The third-order valence-electron chi connectivity index (χ3n) is 25.1. The fourth-order valence-corrected chi connectivity index (χ4v) is 20.6. The van der Waals surface area contributed by atoms with E-state index < -0.39 is 0 Å². The highest BCUT2D eigenvalue weighted by Gasteiger charge is 2.40. The van der Waals surface area contributed by atoms with Crippen LogP contribution < -0.4 is 20.0 Å². The van der Waals surface area contributed by atoms with E-state index >= 15 is 0 Å². The van der Waals surface area contributed by atoms with Crippen LogP contribution in [0, 0.1) is 0 Å². The van der Waals surface area contributed by atoms with Gasteiger partial charge in [0.1, 0.15) is 22.3 Å². The summed E-state index contributed by atoms with van der Waals surface area (Å²) in [5, 5.41) is 16.8. The van der Waals surface area contributed by atoms with Crippen LogP contribution >= 0.6 is 61.8 Å². The highest BCUT2D eigenvalue weighted by Crippen LogP contribution is 2.55. The van der Waals surface area contributed by atoms with Gasteiger partial charge >= 0.3 is 0 Å². The van der Waals surface area contributed by atoms with Gasteiger partial charge in [-0.2, -0.15) is 0 Å². The molecule has 0 bridgehead atoms. The zero-order chi connectivity index (χ0) is 84.4. The molecule has 0 spiro atoms. The Morgan fingerprint density at radius 1 is 0.319 bits per heavy atom. The summed E-state index contributed by atoms with van der Waals surface area (Å²) in [4.78, 5) is 7.01. The van der Waals surface area contributed by atoms with Crippen LogP contribution in [0.1, 0.15) is 209 Å². The monoisotopic (exact) mass is 1710 g/mol. The molecule has 2 aliphatic carbocycles. The van der Waals surface area contributed by atoms with Crippen molar-refractivity contribution in [3.63, 3.8) is 0 Å². The number of thiophene rings is 2. The first kappa shape index (κ1) is 83.1. The lowest BCUT2D eigenvalue weighted by Crippen LogP contribution is -2.33. The Labute approximate surface area is 731 Å². The van der Waals surface area contributed by atoms with Crippen molar-refractivity contribution in [3.05, 3.63) is 312 Å². The lowest BCUT2D eigenvalue weighted by atomic mass is 9.63. The number of furan rings is 2. The second-order valence-electron chi connectivity index (χ2n) is 39.7. The van der Waals surface area contributed by atoms with Crippen molar-refractivity contribution in [2.75, 3.05) is 20.0 Å². The zero-order valence-electron chi connectivity index (χ0n) is 72.7. The Morgan fingerprint density at radius 3 is 1.11 bits per heavy atom. The molecule has 0 amide bonds. The van der Waals surface area contributed by atoms with E-state index in [1.165, 1.54) is 89.6 Å². The molecule has 0 fully saturated rings. The maximum absolute atomic E-state index is 7.34. The molecule has 0 saturated carbocycles. The van der Waals surface area contributed by atoms with Crippen molar-refractivity contribution in [2.45, 2.75) is 207 Å². The van der Waals surface area contributed by atoms with Crippen molar-refractivity contribution in [1.29, 1.82) is 0 Å². The first-order valence-electron chi connectivity index (χ1n) is 42.0. The predicted molar refractivity (Wildman–Crippen MR) is 522 cm³/mol. The molecule has 1 N–H and O–H groups in total. The second-order valence-corrected chi connectivity index (χ2v) is 43.3. The topological polar surface area (TPSA) is 48.0 Å². The van der Waals surface area contributed by atoms with E-state index in [0.29, 0.717) is 10.0 Å². The number of rotatable bonds is 11. The molecule has 4 aromatic heterocycles. The number of hydrogen-bond donors (Lipinski definition) is 1. The molecule has 18 rings (SSSR count). The summed E-state index contributed by atoms with van der Waals surface area (Å²) in [5.41, 5.74) is 27.5. The van der Waals surface area contributed by atoms with Gasteiger partial charge in [0.2, 0.25) is 0 Å². The number of hydrogen-bond acceptors (Lipinski definition) is 8. The van der Waals surface area contributed by atoms with Crippen LogP contribution in [0.5, 0.6) is 0 Å². The number of nitrogens with one attached hydrogen (secondary N) is 1. The molecular weight excluding hydrogens is 1600 g/mol. The highest BCUT2D eigenvalue weighted by atomic mass is 79.9. The lowest BCUT2D eigenvalue weighted by Gasteiger charge is -2.42. The van der Waals surface area contributed by atoms with Gasteiger partial charge in [-0.1, -0.05) is 275 Å². The van der Waals surface area contributed by atoms with Crippen molar-refractivity contribution < 1.29 is 8.83 Å². The molecule has 608 valence electrons. The average molecular weight is 1710 g/mol. The van der Waals surface area contributed by atoms with Gasteiger partial charge in [0.25, 0.3) is 0 Å². The van der Waals surface area contributed by atoms with Crippen LogP contribution in [0.2, 0.25) is 10.0 Å². The van der Waals surface area contributed by atoms with Gasteiger partial charge in [0.05, 0.1) is 33.5 Å². The van der Waals surface area contributed by atoms with Crippen LogP contribution in [0.3, 0.4) is 0 Å². The minimum absolute atomic E-state index is 0.0350. The standard InChI is InChI=1S/C54H55ClN2OS.C28H27NOS.C26H29BrClN/c1-51(2,3)34-18-22-37(23-19-34)56(38-24-20-35(21-25-38)52(4,5)6)39-28-36(55)29-40(30-39)57(45-15-13-17-48-50(45)41-14-11-12-16-47(41)58-48)46-33-59-49-32-44-43(31-42(46)49)53(7,8)26-27-54(44,9)10;1-27(2)12-13-28(3,4)20-15-25-18(14-19(20)27)22(16-31-25)29-21-9-7-11-24-26(21)17-8-5-6-10-23(17)30-24;1-25(2,3)18-7-11-22(12-8-18)29(24-16-20(27)15-21(28)17-24)23-13-9-19(10-14-23)26(4,5)6/h11-25,28-33H,26-27H2,1-10H3;5-11,14-16,29H,12-13H2,1-4H3;7-17H,1-6H3. The van der Waals surface area contributed by atoms with Crippen LogP contribution in [0.25, 0.3) is 64.0 Å². The number of benzene rings is 12. The van der Waals surface area contributed by atoms with Crippen LogP contribution in [-0.2, 0) is 43.3 Å². The van der Waals surface area contributed by atoms with Gasteiger partial charge in [-0.25, -0.2) is 0 Å². The fourth-order valence-electron chi connectivity index (χ4n) is 17.6. The molecule has 0 radical (unpaired) electrons. The van der Waals surface area contributed by atoms with E-state index in [-0.39, 0.29) is 43.3 Å². The fraction of sp³-hybridized carbons (Fsp3) is 0.296. The quantitative estimate of drug-likeness (QED) is 0.139. The molecule has 0 aliphatic heterocycles. The molecule has 2 aliphatic rings. The first-order valence-corrected chi connectivity index (χ1v) is 45.3. The van der Waals surface area contributed by atoms with E-state index in [0.717, 1.165) is 112 Å². The lowest BCUT2D eigenvalue weighted by molar-refractivity contribution is 0.332. The van der Waals surface area contributed by atoms with Gasteiger partial charge in [0, 0.05) is 96.0 Å². The Balaban J connectivity index is 0.000000147. The van der Waals surface area contributed by atoms with Gasteiger partial charge in [-0.15, -0.1) is 22.7 Å². The molecule has 12 aromatic carbocycles. The third-order valence-corrected chi connectivity index (χ3v) is 27.8. The summed E-state index contributed by atoms with van der Waals surface area (Å²) in [7, 11) is 0. The van der Waals surface area contributed by atoms with Crippen LogP contribution in [0.4, 0.5) is 62.6 Å². The van der Waals surface area contributed by atoms with Crippen molar-refractivity contribution in [1.82, 2.24) is 0 Å². The minimum Gasteiger partial charge on any atom is -0.456 e. The second kappa shape index (κ2) is 31.1. The smallest absolute Gasteiger partial charge is 0.137 e. The van der Waals surface area contributed by atoms with Crippen LogP contribution in [0.15, 0.2) is 267 Å². The van der Waals surface area contributed by atoms with Gasteiger partial charge in [-0.3, -0.25) is 0 Å². The molecule has 6 nitrogen and oxygen atoms in total. The summed E-state index contributed by atoms with van der Waals surface area (Å²) in [6, 6.07) is 87.4. The van der Waals surface area contributed by atoms with Crippen LogP contribution in [-0.4, -0.2) is 0 Å². The molecular formula is C108H111BrCl2N4O2S2. The maximum atomic E-state index is 7.34. The van der Waals surface area contributed by atoms with Crippen molar-refractivity contribution in [3.8, 4) is 0 Å². The molecule has 119 heavy (non-hydrogen) atoms. The Bertz CT molecular complexity index is 6350. The maximum Gasteiger partial charge on any atom is 0.137 e. The number of halogens is 3. The minimum atomic E-state index is 0.0350. The number of nitrogens with zero attached hydrogens (tertiary/aromatic N) is 3. The highest BCUT2D eigenvalue weighted by molar-refractivity contribution is 9.10. The Hall–Kier alpha value is -9.58. The van der Waals surface area contributed by atoms with E-state index in [2.05, 4.69) is 391 Å².